The van der Waals surface area contributed by atoms with Crippen LogP contribution in [0.15, 0.2) is 22.7 Å². The van der Waals surface area contributed by atoms with Crippen molar-refractivity contribution in [2.45, 2.75) is 45.1 Å². The van der Waals surface area contributed by atoms with Gasteiger partial charge in [0.15, 0.2) is 0 Å². The minimum atomic E-state index is -0.167. The van der Waals surface area contributed by atoms with E-state index in [1.165, 1.54) is 31.2 Å². The lowest BCUT2D eigenvalue weighted by Gasteiger charge is -2.31. The van der Waals surface area contributed by atoms with Gasteiger partial charge in [0.25, 0.3) is 0 Å². The molecule has 1 aromatic rings. The zero-order chi connectivity index (χ0) is 13.5. The molecule has 2 aliphatic rings. The Kier molecular flexibility index (Phi) is 3.69. The van der Waals surface area contributed by atoms with Gasteiger partial charge in [-0.2, -0.15) is 0 Å². The van der Waals surface area contributed by atoms with Gasteiger partial charge in [-0.3, -0.25) is 0 Å². The summed E-state index contributed by atoms with van der Waals surface area (Å²) in [5.41, 5.74) is 1.54. The number of hydrogen-bond acceptors (Lipinski definition) is 1. The van der Waals surface area contributed by atoms with Crippen molar-refractivity contribution < 1.29 is 4.39 Å². The molecule has 3 heteroatoms. The Hall–Kier alpha value is -0.410. The smallest absolute Gasteiger partial charge is 0.124 e. The molecule has 0 saturated heterocycles. The first-order valence-corrected chi connectivity index (χ1v) is 8.03. The molecule has 0 amide bonds. The second kappa shape index (κ2) is 5.17. The predicted molar refractivity (Wildman–Crippen MR) is 79.7 cm³/mol. The van der Waals surface area contributed by atoms with Crippen LogP contribution in [0.4, 0.5) is 4.39 Å². The maximum Gasteiger partial charge on any atom is 0.124 e. The van der Waals surface area contributed by atoms with Crippen molar-refractivity contribution in [3.8, 4) is 0 Å². The Morgan fingerprint density at radius 2 is 2.05 bits per heavy atom. The summed E-state index contributed by atoms with van der Waals surface area (Å²) in [5.74, 6) is 0.663. The topological polar surface area (TPSA) is 12.0 Å². The minimum Gasteiger partial charge on any atom is -0.313 e. The van der Waals surface area contributed by atoms with Gasteiger partial charge in [0.05, 0.1) is 0 Å². The molecular weight excluding hydrogens is 305 g/mol. The molecule has 0 radical (unpaired) electrons. The van der Waals surface area contributed by atoms with Crippen LogP contribution in [-0.4, -0.2) is 12.6 Å². The molecule has 2 saturated carbocycles. The van der Waals surface area contributed by atoms with E-state index in [1.807, 2.05) is 6.07 Å². The number of nitrogens with one attached hydrogen (secondary N) is 1. The molecule has 2 fully saturated rings. The van der Waals surface area contributed by atoms with Crippen molar-refractivity contribution in [2.75, 3.05) is 6.54 Å². The maximum atomic E-state index is 13.2. The van der Waals surface area contributed by atoms with Crippen molar-refractivity contribution >= 4 is 15.9 Å². The average molecular weight is 326 g/mol. The zero-order valence-electron chi connectivity index (χ0n) is 11.4. The Morgan fingerprint density at radius 1 is 1.32 bits per heavy atom. The Balaban J connectivity index is 1.72. The number of hydrogen-bond donors (Lipinski definition) is 1. The summed E-state index contributed by atoms with van der Waals surface area (Å²) in [6.07, 6.45) is 6.39. The highest BCUT2D eigenvalue weighted by atomic mass is 79.9. The Bertz CT molecular complexity index is 468. The number of benzene rings is 1. The van der Waals surface area contributed by atoms with Crippen LogP contribution in [0.3, 0.4) is 0 Å². The van der Waals surface area contributed by atoms with E-state index >= 15 is 0 Å². The lowest BCUT2D eigenvalue weighted by atomic mass is 9.79. The van der Waals surface area contributed by atoms with Crippen LogP contribution in [0, 0.1) is 17.2 Å². The molecule has 0 aromatic heterocycles. The SMILES string of the molecule is CC(CNC1CC1)(Cc1ccc(F)cc1Br)C1CC1. The molecule has 1 nitrogen and oxygen atoms in total. The van der Waals surface area contributed by atoms with Crippen molar-refractivity contribution in [3.63, 3.8) is 0 Å². The van der Waals surface area contributed by atoms with Crippen LogP contribution in [0.1, 0.15) is 38.2 Å². The second-order valence-electron chi connectivity index (χ2n) is 6.50. The molecule has 104 valence electrons. The summed E-state index contributed by atoms with van der Waals surface area (Å²) in [6, 6.07) is 5.84. The number of halogens is 2. The molecule has 0 heterocycles. The van der Waals surface area contributed by atoms with Crippen molar-refractivity contribution in [3.05, 3.63) is 34.1 Å². The van der Waals surface area contributed by atoms with E-state index in [0.29, 0.717) is 5.41 Å². The third-order valence-electron chi connectivity index (χ3n) is 4.54. The summed E-state index contributed by atoms with van der Waals surface area (Å²) < 4.78 is 14.1. The zero-order valence-corrected chi connectivity index (χ0v) is 13.0. The van der Waals surface area contributed by atoms with Gasteiger partial charge in [-0.15, -0.1) is 0 Å². The summed E-state index contributed by atoms with van der Waals surface area (Å²) in [5, 5.41) is 3.68. The van der Waals surface area contributed by atoms with Crippen LogP contribution in [0.25, 0.3) is 0 Å². The quantitative estimate of drug-likeness (QED) is 0.822. The van der Waals surface area contributed by atoms with E-state index in [-0.39, 0.29) is 5.82 Å². The minimum absolute atomic E-state index is 0.167. The highest BCUT2D eigenvalue weighted by Gasteiger charge is 2.42. The van der Waals surface area contributed by atoms with E-state index < -0.39 is 0 Å². The van der Waals surface area contributed by atoms with Crippen LogP contribution < -0.4 is 5.32 Å². The van der Waals surface area contributed by atoms with E-state index in [9.17, 15) is 4.39 Å². The van der Waals surface area contributed by atoms with E-state index in [4.69, 9.17) is 0 Å². The second-order valence-corrected chi connectivity index (χ2v) is 7.35. The van der Waals surface area contributed by atoms with Gasteiger partial charge in [0, 0.05) is 17.1 Å². The molecule has 3 rings (SSSR count). The average Bonchev–Trinajstić information content (AvgIpc) is 3.24. The standard InChI is InChI=1S/C16H21BrFN/c1-16(12-3-4-12,10-19-14-6-7-14)9-11-2-5-13(18)8-15(11)17/h2,5,8,12,14,19H,3-4,6-7,9-10H2,1H3. The van der Waals surface area contributed by atoms with E-state index in [2.05, 4.69) is 28.2 Å². The lowest BCUT2D eigenvalue weighted by Crippen LogP contribution is -2.36. The molecule has 0 bridgehead atoms. The fourth-order valence-corrected chi connectivity index (χ4v) is 3.39. The van der Waals surface area contributed by atoms with Gasteiger partial charge in [-0.1, -0.05) is 28.9 Å². The number of rotatable bonds is 6. The first-order valence-electron chi connectivity index (χ1n) is 7.24. The molecule has 1 unspecified atom stereocenters. The molecule has 2 aliphatic carbocycles. The fraction of sp³-hybridized carbons (Fsp3) is 0.625. The molecule has 1 aromatic carbocycles. The Morgan fingerprint density at radius 3 is 2.63 bits per heavy atom. The van der Waals surface area contributed by atoms with Crippen LogP contribution in [0.2, 0.25) is 0 Å². The summed E-state index contributed by atoms with van der Waals surface area (Å²) >= 11 is 3.50. The largest absolute Gasteiger partial charge is 0.313 e. The molecule has 1 atom stereocenters. The van der Waals surface area contributed by atoms with Crippen molar-refractivity contribution in [1.29, 1.82) is 0 Å². The van der Waals surface area contributed by atoms with Gasteiger partial charge in [-0.25, -0.2) is 4.39 Å². The van der Waals surface area contributed by atoms with Gasteiger partial charge in [0.1, 0.15) is 5.82 Å². The van der Waals surface area contributed by atoms with E-state index in [0.717, 1.165) is 29.4 Å². The summed E-state index contributed by atoms with van der Waals surface area (Å²) in [7, 11) is 0. The summed E-state index contributed by atoms with van der Waals surface area (Å²) in [6.45, 7) is 3.47. The highest BCUT2D eigenvalue weighted by Crippen LogP contribution is 2.48. The molecule has 1 N–H and O–H groups in total. The maximum absolute atomic E-state index is 13.2. The van der Waals surface area contributed by atoms with Crippen molar-refractivity contribution in [2.24, 2.45) is 11.3 Å². The fourth-order valence-electron chi connectivity index (χ4n) is 2.90. The van der Waals surface area contributed by atoms with Gasteiger partial charge in [-0.05, 0) is 61.1 Å². The Labute approximate surface area is 123 Å². The van der Waals surface area contributed by atoms with Crippen LogP contribution in [0.5, 0.6) is 0 Å². The molecular formula is C16H21BrFN. The monoisotopic (exact) mass is 325 g/mol. The van der Waals surface area contributed by atoms with Crippen LogP contribution in [-0.2, 0) is 6.42 Å². The van der Waals surface area contributed by atoms with Crippen molar-refractivity contribution in [1.82, 2.24) is 5.32 Å². The third-order valence-corrected chi connectivity index (χ3v) is 5.28. The van der Waals surface area contributed by atoms with Gasteiger partial charge < -0.3 is 5.32 Å². The van der Waals surface area contributed by atoms with Crippen LogP contribution >= 0.6 is 15.9 Å². The van der Waals surface area contributed by atoms with Gasteiger partial charge in [0.2, 0.25) is 0 Å². The predicted octanol–water partition coefficient (Wildman–Crippen LogP) is 4.30. The lowest BCUT2D eigenvalue weighted by molar-refractivity contribution is 0.254. The molecule has 19 heavy (non-hydrogen) atoms. The molecule has 0 aliphatic heterocycles. The normalized spacial score (nSPS) is 22.3. The highest BCUT2D eigenvalue weighted by molar-refractivity contribution is 9.10. The third kappa shape index (κ3) is 3.38. The first kappa shape index (κ1) is 13.6. The summed E-state index contributed by atoms with van der Waals surface area (Å²) in [4.78, 5) is 0. The first-order chi connectivity index (χ1) is 9.07. The van der Waals surface area contributed by atoms with Gasteiger partial charge >= 0.3 is 0 Å². The van der Waals surface area contributed by atoms with E-state index in [1.54, 1.807) is 12.1 Å². The molecule has 0 spiro atoms.